The molecule has 1 heterocycles. The minimum atomic E-state index is -0.798. The fraction of sp³-hybridized carbons (Fsp3) is 0.900. The SMILES string of the molecule is NCC1(CC2CC2)CCCN1C(=O)O. The van der Waals surface area contributed by atoms with E-state index in [1.807, 2.05) is 0 Å². The van der Waals surface area contributed by atoms with Gasteiger partial charge in [0, 0.05) is 13.1 Å². The molecule has 1 aliphatic heterocycles. The summed E-state index contributed by atoms with van der Waals surface area (Å²) >= 11 is 0. The number of nitrogens with two attached hydrogens (primary N) is 1. The van der Waals surface area contributed by atoms with Crippen LogP contribution in [0.15, 0.2) is 0 Å². The quantitative estimate of drug-likeness (QED) is 0.717. The molecule has 2 fully saturated rings. The summed E-state index contributed by atoms with van der Waals surface area (Å²) in [6, 6.07) is 0. The summed E-state index contributed by atoms with van der Waals surface area (Å²) in [5.74, 6) is 0.735. The van der Waals surface area contributed by atoms with Crippen LogP contribution >= 0.6 is 0 Å². The predicted octanol–water partition coefficient (Wildman–Crippen LogP) is 1.26. The Hall–Kier alpha value is -0.770. The fourth-order valence-electron chi connectivity index (χ4n) is 2.60. The fourth-order valence-corrected chi connectivity index (χ4v) is 2.60. The van der Waals surface area contributed by atoms with Gasteiger partial charge in [-0.2, -0.15) is 0 Å². The van der Waals surface area contributed by atoms with E-state index in [0.717, 1.165) is 25.2 Å². The molecule has 3 N–H and O–H groups in total. The van der Waals surface area contributed by atoms with Crippen LogP contribution in [-0.4, -0.2) is 34.7 Å². The molecule has 4 nitrogen and oxygen atoms in total. The minimum absolute atomic E-state index is 0.229. The van der Waals surface area contributed by atoms with Gasteiger partial charge in [0.25, 0.3) is 0 Å². The van der Waals surface area contributed by atoms with E-state index in [9.17, 15) is 4.79 Å². The molecule has 1 unspecified atom stereocenters. The number of rotatable bonds is 3. The Balaban J connectivity index is 2.10. The molecule has 2 aliphatic rings. The summed E-state index contributed by atoms with van der Waals surface area (Å²) in [7, 11) is 0. The Kier molecular flexibility index (Phi) is 2.39. The molecule has 4 heteroatoms. The molecule has 0 aromatic heterocycles. The number of nitrogens with zero attached hydrogens (tertiary/aromatic N) is 1. The Morgan fingerprint density at radius 2 is 2.29 bits per heavy atom. The second-order valence-electron chi connectivity index (χ2n) is 4.61. The summed E-state index contributed by atoms with van der Waals surface area (Å²) in [5.41, 5.74) is 5.54. The van der Waals surface area contributed by atoms with Crippen molar-refractivity contribution in [3.8, 4) is 0 Å². The van der Waals surface area contributed by atoms with Crippen LogP contribution in [0.4, 0.5) is 4.79 Å². The van der Waals surface area contributed by atoms with Crippen molar-refractivity contribution in [2.45, 2.75) is 37.6 Å². The van der Waals surface area contributed by atoms with Gasteiger partial charge in [-0.25, -0.2) is 4.79 Å². The van der Waals surface area contributed by atoms with E-state index in [0.29, 0.717) is 13.1 Å². The van der Waals surface area contributed by atoms with Crippen molar-refractivity contribution in [1.29, 1.82) is 0 Å². The molecule has 14 heavy (non-hydrogen) atoms. The van der Waals surface area contributed by atoms with E-state index in [-0.39, 0.29) is 5.54 Å². The van der Waals surface area contributed by atoms with Crippen molar-refractivity contribution in [2.75, 3.05) is 13.1 Å². The third-order valence-electron chi connectivity index (χ3n) is 3.57. The van der Waals surface area contributed by atoms with Crippen molar-refractivity contribution in [2.24, 2.45) is 11.7 Å². The van der Waals surface area contributed by atoms with Crippen LogP contribution in [0.2, 0.25) is 0 Å². The van der Waals surface area contributed by atoms with Crippen LogP contribution < -0.4 is 5.73 Å². The van der Waals surface area contributed by atoms with Crippen LogP contribution in [0.1, 0.15) is 32.1 Å². The topological polar surface area (TPSA) is 66.6 Å². The molecular weight excluding hydrogens is 180 g/mol. The van der Waals surface area contributed by atoms with E-state index in [4.69, 9.17) is 10.8 Å². The Labute approximate surface area is 84.1 Å². The second kappa shape index (κ2) is 3.42. The number of carboxylic acid groups (broad SMARTS) is 1. The first-order valence-corrected chi connectivity index (χ1v) is 5.38. The van der Waals surface area contributed by atoms with E-state index >= 15 is 0 Å². The summed E-state index contributed by atoms with van der Waals surface area (Å²) in [5, 5.41) is 9.08. The first-order chi connectivity index (χ1) is 6.68. The average Bonchev–Trinajstić information content (AvgIpc) is 2.83. The van der Waals surface area contributed by atoms with E-state index in [1.165, 1.54) is 12.8 Å². The van der Waals surface area contributed by atoms with E-state index < -0.39 is 6.09 Å². The van der Waals surface area contributed by atoms with Crippen molar-refractivity contribution in [1.82, 2.24) is 4.90 Å². The summed E-state index contributed by atoms with van der Waals surface area (Å²) in [6.07, 6.45) is 4.62. The standard InChI is InChI=1S/C10H18N2O2/c11-7-10(6-8-2-3-8)4-1-5-12(10)9(13)14/h8H,1-7,11H2,(H,13,14). The highest BCUT2D eigenvalue weighted by atomic mass is 16.4. The zero-order valence-electron chi connectivity index (χ0n) is 8.41. The molecule has 0 radical (unpaired) electrons. The Morgan fingerprint density at radius 1 is 1.57 bits per heavy atom. The lowest BCUT2D eigenvalue weighted by molar-refractivity contribution is 0.0975. The first kappa shape index (κ1) is 9.77. The van der Waals surface area contributed by atoms with Gasteiger partial charge in [-0.1, -0.05) is 12.8 Å². The maximum Gasteiger partial charge on any atom is 0.407 e. The van der Waals surface area contributed by atoms with Gasteiger partial charge in [-0.05, 0) is 25.2 Å². The molecule has 80 valence electrons. The average molecular weight is 198 g/mol. The van der Waals surface area contributed by atoms with Crippen molar-refractivity contribution >= 4 is 6.09 Å². The molecule has 1 saturated heterocycles. The largest absolute Gasteiger partial charge is 0.465 e. The summed E-state index contributed by atoms with van der Waals surface area (Å²) in [6.45, 7) is 1.15. The van der Waals surface area contributed by atoms with Crippen LogP contribution in [0.25, 0.3) is 0 Å². The van der Waals surface area contributed by atoms with Gasteiger partial charge in [-0.3, -0.25) is 0 Å². The molecule has 1 atom stereocenters. The Bertz CT molecular complexity index is 240. The zero-order valence-corrected chi connectivity index (χ0v) is 8.41. The summed E-state index contributed by atoms with van der Waals surface area (Å²) < 4.78 is 0. The van der Waals surface area contributed by atoms with E-state index in [1.54, 1.807) is 4.90 Å². The highest BCUT2D eigenvalue weighted by Gasteiger charge is 2.45. The van der Waals surface area contributed by atoms with Gasteiger partial charge in [0.15, 0.2) is 0 Å². The zero-order chi connectivity index (χ0) is 10.2. The van der Waals surface area contributed by atoms with Crippen molar-refractivity contribution < 1.29 is 9.90 Å². The number of amides is 1. The molecule has 1 aliphatic carbocycles. The van der Waals surface area contributed by atoms with Crippen LogP contribution in [0.5, 0.6) is 0 Å². The molecule has 1 amide bonds. The number of hydrogen-bond acceptors (Lipinski definition) is 2. The van der Waals surface area contributed by atoms with Crippen molar-refractivity contribution in [3.63, 3.8) is 0 Å². The third-order valence-corrected chi connectivity index (χ3v) is 3.57. The highest BCUT2D eigenvalue weighted by Crippen LogP contribution is 2.42. The Morgan fingerprint density at radius 3 is 2.79 bits per heavy atom. The van der Waals surface area contributed by atoms with Gasteiger partial charge < -0.3 is 15.7 Å². The lowest BCUT2D eigenvalue weighted by Crippen LogP contribution is -2.52. The highest BCUT2D eigenvalue weighted by molar-refractivity contribution is 5.66. The van der Waals surface area contributed by atoms with Crippen molar-refractivity contribution in [3.05, 3.63) is 0 Å². The van der Waals surface area contributed by atoms with Gasteiger partial charge >= 0.3 is 6.09 Å². The first-order valence-electron chi connectivity index (χ1n) is 5.38. The van der Waals surface area contributed by atoms with Gasteiger partial charge in [0.05, 0.1) is 5.54 Å². The van der Waals surface area contributed by atoms with Gasteiger partial charge in [-0.15, -0.1) is 0 Å². The lowest BCUT2D eigenvalue weighted by atomic mass is 9.90. The van der Waals surface area contributed by atoms with Gasteiger partial charge in [0.1, 0.15) is 0 Å². The molecule has 0 aromatic carbocycles. The minimum Gasteiger partial charge on any atom is -0.465 e. The van der Waals surface area contributed by atoms with Crippen LogP contribution in [-0.2, 0) is 0 Å². The molecule has 2 rings (SSSR count). The smallest absolute Gasteiger partial charge is 0.407 e. The maximum absolute atomic E-state index is 11.0. The third kappa shape index (κ3) is 1.59. The molecule has 0 bridgehead atoms. The number of carbonyl (C=O) groups is 1. The normalized spacial score (nSPS) is 32.2. The summed E-state index contributed by atoms with van der Waals surface area (Å²) in [4.78, 5) is 12.6. The predicted molar refractivity (Wildman–Crippen MR) is 53.1 cm³/mol. The van der Waals surface area contributed by atoms with E-state index in [2.05, 4.69) is 0 Å². The monoisotopic (exact) mass is 198 g/mol. The molecule has 1 saturated carbocycles. The molecule has 0 aromatic rings. The maximum atomic E-state index is 11.0. The second-order valence-corrected chi connectivity index (χ2v) is 4.61. The number of hydrogen-bond donors (Lipinski definition) is 2. The van der Waals surface area contributed by atoms with Crippen LogP contribution in [0, 0.1) is 5.92 Å². The molecule has 0 spiro atoms. The van der Waals surface area contributed by atoms with Gasteiger partial charge in [0.2, 0.25) is 0 Å². The number of likely N-dealkylation sites (tertiary alicyclic amines) is 1. The van der Waals surface area contributed by atoms with Crippen LogP contribution in [0.3, 0.4) is 0 Å². The molecular formula is C10H18N2O2. The lowest BCUT2D eigenvalue weighted by Gasteiger charge is -2.36.